The van der Waals surface area contributed by atoms with Gasteiger partial charge in [0.15, 0.2) is 0 Å². The van der Waals surface area contributed by atoms with Crippen molar-refractivity contribution in [2.45, 2.75) is 75.5 Å². The Balaban J connectivity index is -0.0000000949. The number of carbonyl (C=O) groups excluding carboxylic acids is 4. The van der Waals surface area contributed by atoms with Crippen molar-refractivity contribution in [3.8, 4) is 0 Å². The van der Waals surface area contributed by atoms with E-state index in [2.05, 4.69) is 0 Å². The van der Waals surface area contributed by atoms with Gasteiger partial charge in [-0.05, 0) is 75.6 Å². The maximum absolute atomic E-state index is 10.0. The van der Waals surface area contributed by atoms with Crippen molar-refractivity contribution in [1.82, 2.24) is 0 Å². The van der Waals surface area contributed by atoms with Crippen LogP contribution < -0.4 is 54.8 Å². The molecule has 0 aliphatic rings. The molecule has 0 amide bonds. The number of nitrogens with two attached hydrogens (primary N) is 6. The van der Waals surface area contributed by atoms with E-state index in [-0.39, 0.29) is 39.0 Å². The van der Waals surface area contributed by atoms with Crippen molar-refractivity contribution in [2.24, 2.45) is 34.4 Å². The van der Waals surface area contributed by atoms with E-state index in [4.69, 9.17) is 34.4 Å². The smallest absolute Gasteiger partial charge is 0.548 e. The second-order valence-corrected chi connectivity index (χ2v) is 9.81. The second-order valence-electron chi connectivity index (χ2n) is 7.83. The van der Waals surface area contributed by atoms with Crippen LogP contribution in [0.2, 0.25) is 0 Å². The summed E-state index contributed by atoms with van der Waals surface area (Å²) in [4.78, 5) is 40.0. The van der Waals surface area contributed by atoms with Gasteiger partial charge in [-0.25, -0.2) is 0 Å². The number of aliphatic carboxylic acids is 4. The summed E-state index contributed by atoms with van der Waals surface area (Å²) in [5.41, 5.74) is 30.9. The Bertz CT molecular complexity index is 570. The Hall–Kier alpha value is -0.413. The van der Waals surface area contributed by atoms with Crippen molar-refractivity contribution >= 4 is 47.4 Å². The van der Waals surface area contributed by atoms with Crippen molar-refractivity contribution in [3.05, 3.63) is 0 Å². The van der Waals surface area contributed by atoms with Gasteiger partial charge in [-0.1, -0.05) is 12.8 Å². The minimum absolute atomic E-state index is 0. The molecule has 18 heteroatoms. The molecule has 0 saturated carbocycles. The van der Waals surface area contributed by atoms with Crippen LogP contribution >= 0.6 is 23.5 Å². The third-order valence-electron chi connectivity index (χ3n) is 4.42. The number of carboxylic acids is 4. The van der Waals surface area contributed by atoms with Crippen LogP contribution in [0.1, 0.15) is 51.4 Å². The predicted octanol–water partition coefficient (Wildman–Crippen LogP) is -5.99. The topological polar surface area (TPSA) is 317 Å². The summed E-state index contributed by atoms with van der Waals surface area (Å²) in [5, 5.41) is 40.0. The molecule has 40 heavy (non-hydrogen) atoms. The fourth-order valence-electron chi connectivity index (χ4n) is 1.98. The van der Waals surface area contributed by atoms with E-state index in [1.165, 1.54) is 0 Å². The van der Waals surface area contributed by atoms with Crippen molar-refractivity contribution < 1.29 is 78.6 Å². The Morgan fingerprint density at radius 3 is 0.925 bits per heavy atom. The van der Waals surface area contributed by atoms with E-state index < -0.39 is 48.0 Å². The molecule has 0 heterocycles. The Labute approximate surface area is 271 Å². The molecule has 0 aromatic heterocycles. The zero-order chi connectivity index (χ0) is 30.5. The standard InChI is InChI=1S/2C6H14N2O2.2C5H11NO2S.2Zn/c2*7-4-2-1-3-5(8)6(9)10;2*1-9-3-2-4(6)5(7)8;;/h2*5H,1-4,7-8H2,(H,9,10);2*4H,2-3,6H2,1H3,(H,7,8);;/q;;;;2*+2/p-4/t2*5-;2*4-;;/m0000../s1. The van der Waals surface area contributed by atoms with E-state index in [1.54, 1.807) is 23.5 Å². The first-order valence-electron chi connectivity index (χ1n) is 12.0. The molecular formula is C22H46N6O8S2Zn2. The van der Waals surface area contributed by atoms with Gasteiger partial charge in [-0.3, -0.25) is 0 Å². The monoisotopic (exact) mass is 714 g/mol. The summed E-state index contributed by atoms with van der Waals surface area (Å²) in [6.45, 7) is 1.17. The fourth-order valence-corrected chi connectivity index (χ4v) is 2.96. The minimum atomic E-state index is -1.18. The predicted molar refractivity (Wildman–Crippen MR) is 144 cm³/mol. The number of hydrogen-bond acceptors (Lipinski definition) is 16. The van der Waals surface area contributed by atoms with Gasteiger partial charge < -0.3 is 74.0 Å². The molecule has 0 aliphatic heterocycles. The van der Waals surface area contributed by atoms with Crippen LogP contribution in [0.4, 0.5) is 0 Å². The minimum Gasteiger partial charge on any atom is -0.548 e. The van der Waals surface area contributed by atoms with Crippen LogP contribution in [-0.4, -0.2) is 85.2 Å². The quantitative estimate of drug-likeness (QED) is 0.0568. The molecule has 0 aromatic rings. The molecule has 0 rings (SSSR count). The average molecular weight is 718 g/mol. The van der Waals surface area contributed by atoms with Crippen LogP contribution in [0, 0.1) is 0 Å². The number of hydrogen-bond donors (Lipinski definition) is 6. The molecule has 0 radical (unpaired) electrons. The average Bonchev–Trinajstić information content (AvgIpc) is 2.86. The molecule has 0 unspecified atom stereocenters. The molecule has 0 fully saturated rings. The SMILES string of the molecule is CSCC[C@H](N)C(=O)[O-].CSCC[C@H](N)C(=O)[O-].NCCCC[C@H](N)C(=O)[O-].NCCCC[C@H](N)C(=O)[O-].[Zn+2].[Zn+2]. The van der Waals surface area contributed by atoms with Crippen LogP contribution in [0.5, 0.6) is 0 Å². The summed E-state index contributed by atoms with van der Waals surface area (Å²) in [5.74, 6) is -3.15. The van der Waals surface area contributed by atoms with Gasteiger partial charge in [0.2, 0.25) is 0 Å². The molecule has 0 spiro atoms. The van der Waals surface area contributed by atoms with E-state index in [9.17, 15) is 39.6 Å². The van der Waals surface area contributed by atoms with E-state index in [1.807, 2.05) is 12.5 Å². The Morgan fingerprint density at radius 2 is 0.750 bits per heavy atom. The molecule has 4 atom stereocenters. The summed E-state index contributed by atoms with van der Waals surface area (Å²) in [7, 11) is 0. The maximum Gasteiger partial charge on any atom is 2.00 e. The number of thioether (sulfide) groups is 2. The third kappa shape index (κ3) is 44.6. The van der Waals surface area contributed by atoms with Gasteiger partial charge in [0.05, 0.1) is 23.9 Å². The molecule has 0 aromatic carbocycles. The molecular weight excluding hydrogens is 671 g/mol. The molecule has 14 nitrogen and oxygen atoms in total. The van der Waals surface area contributed by atoms with Gasteiger partial charge in [0.1, 0.15) is 0 Å². The molecule has 0 aliphatic carbocycles. The zero-order valence-corrected chi connectivity index (χ0v) is 31.3. The third-order valence-corrected chi connectivity index (χ3v) is 5.70. The van der Waals surface area contributed by atoms with Crippen LogP contribution in [0.3, 0.4) is 0 Å². The van der Waals surface area contributed by atoms with Gasteiger partial charge in [0, 0.05) is 24.2 Å². The van der Waals surface area contributed by atoms with Crippen molar-refractivity contribution in [1.29, 1.82) is 0 Å². The summed E-state index contributed by atoms with van der Waals surface area (Å²) >= 11 is 3.15. The first-order valence-corrected chi connectivity index (χ1v) is 14.8. The van der Waals surface area contributed by atoms with Crippen molar-refractivity contribution in [3.63, 3.8) is 0 Å². The number of rotatable bonds is 18. The fraction of sp³-hybridized carbons (Fsp3) is 0.818. The Kier molecular flexibility index (Phi) is 50.4. The van der Waals surface area contributed by atoms with E-state index in [0.717, 1.165) is 37.2 Å². The van der Waals surface area contributed by atoms with Gasteiger partial charge in [-0.15, -0.1) is 0 Å². The number of carbonyl (C=O) groups is 4. The number of carboxylic acid groups (broad SMARTS) is 4. The first-order chi connectivity index (χ1) is 17.7. The number of unbranched alkanes of at least 4 members (excludes halogenated alkanes) is 2. The van der Waals surface area contributed by atoms with Crippen molar-refractivity contribution in [2.75, 3.05) is 37.1 Å². The first kappa shape index (κ1) is 52.3. The summed E-state index contributed by atoms with van der Waals surface area (Å²) in [6.07, 6.45) is 8.86. The maximum atomic E-state index is 10.0. The molecule has 0 saturated heterocycles. The van der Waals surface area contributed by atoms with Crippen LogP contribution in [-0.2, 0) is 58.1 Å². The normalized spacial score (nSPS) is 12.4. The van der Waals surface area contributed by atoms with E-state index in [0.29, 0.717) is 38.8 Å². The van der Waals surface area contributed by atoms with Gasteiger partial charge in [-0.2, -0.15) is 23.5 Å². The summed E-state index contributed by atoms with van der Waals surface area (Å²) in [6, 6.07) is -3.24. The van der Waals surface area contributed by atoms with Crippen LogP contribution in [0.15, 0.2) is 0 Å². The Morgan fingerprint density at radius 1 is 0.525 bits per heavy atom. The largest absolute Gasteiger partial charge is 2.00 e. The van der Waals surface area contributed by atoms with Gasteiger partial charge >= 0.3 is 39.0 Å². The molecule has 228 valence electrons. The van der Waals surface area contributed by atoms with Crippen LogP contribution in [0.25, 0.3) is 0 Å². The van der Waals surface area contributed by atoms with Gasteiger partial charge in [0.25, 0.3) is 0 Å². The zero-order valence-electron chi connectivity index (χ0n) is 23.8. The van der Waals surface area contributed by atoms with E-state index >= 15 is 0 Å². The summed E-state index contributed by atoms with van der Waals surface area (Å²) < 4.78 is 0. The molecule has 12 N–H and O–H groups in total. The molecule has 0 bridgehead atoms. The second kappa shape index (κ2) is 38.6.